The summed E-state index contributed by atoms with van der Waals surface area (Å²) >= 11 is 0. The van der Waals surface area contributed by atoms with Crippen molar-refractivity contribution in [1.29, 1.82) is 0 Å². The van der Waals surface area contributed by atoms with E-state index in [-0.39, 0.29) is 10.8 Å². The number of hydrogen-bond donors (Lipinski definition) is 0. The molecule has 1 nitrogen and oxygen atoms in total. The SMILES string of the molecule is COc1cc2c(cc1-c1c[c]ccc1)C(C)(C)CCC2(C)C. The molecule has 0 N–H and O–H groups in total. The van der Waals surface area contributed by atoms with Gasteiger partial charge in [-0.2, -0.15) is 0 Å². The van der Waals surface area contributed by atoms with Gasteiger partial charge < -0.3 is 4.74 Å². The first kappa shape index (κ1) is 15.1. The van der Waals surface area contributed by atoms with Crippen LogP contribution >= 0.6 is 0 Å². The van der Waals surface area contributed by atoms with Crippen LogP contribution in [0.5, 0.6) is 5.75 Å². The Morgan fingerprint density at radius 1 is 1.00 bits per heavy atom. The third-order valence-electron chi connectivity index (χ3n) is 5.19. The first-order valence-electron chi connectivity index (χ1n) is 8.05. The maximum Gasteiger partial charge on any atom is 0.126 e. The minimum Gasteiger partial charge on any atom is -0.496 e. The molecule has 1 radical (unpaired) electrons. The van der Waals surface area contributed by atoms with Crippen LogP contribution in [0.4, 0.5) is 0 Å². The minimum atomic E-state index is 0.208. The lowest BCUT2D eigenvalue weighted by molar-refractivity contribution is 0.329. The van der Waals surface area contributed by atoms with Crippen LogP contribution in [0.3, 0.4) is 0 Å². The number of benzene rings is 2. The summed E-state index contributed by atoms with van der Waals surface area (Å²) in [5, 5.41) is 0. The number of methoxy groups -OCH3 is 1. The summed E-state index contributed by atoms with van der Waals surface area (Å²) in [7, 11) is 1.76. The van der Waals surface area contributed by atoms with Gasteiger partial charge in [0, 0.05) is 5.56 Å². The van der Waals surface area contributed by atoms with Gasteiger partial charge in [0.2, 0.25) is 0 Å². The topological polar surface area (TPSA) is 9.23 Å². The highest BCUT2D eigenvalue weighted by atomic mass is 16.5. The molecule has 0 saturated carbocycles. The lowest BCUT2D eigenvalue weighted by atomic mass is 9.62. The minimum absolute atomic E-state index is 0.208. The molecule has 2 aromatic rings. The van der Waals surface area contributed by atoms with Crippen LogP contribution in [0.2, 0.25) is 0 Å². The fraction of sp³-hybridized carbons (Fsp3) is 0.429. The Kier molecular flexibility index (Phi) is 3.55. The molecule has 0 bridgehead atoms. The lowest BCUT2D eigenvalue weighted by Gasteiger charge is -2.42. The third kappa shape index (κ3) is 2.43. The van der Waals surface area contributed by atoms with Gasteiger partial charge in [-0.1, -0.05) is 45.9 Å². The summed E-state index contributed by atoms with van der Waals surface area (Å²) in [6, 6.07) is 15.9. The molecule has 0 unspecified atom stereocenters. The monoisotopic (exact) mass is 293 g/mol. The first-order chi connectivity index (χ1) is 10.3. The van der Waals surface area contributed by atoms with E-state index in [2.05, 4.69) is 52.0 Å². The average Bonchev–Trinajstić information content (AvgIpc) is 2.52. The van der Waals surface area contributed by atoms with Crippen molar-refractivity contribution in [2.75, 3.05) is 7.11 Å². The van der Waals surface area contributed by atoms with Crippen molar-refractivity contribution in [2.24, 2.45) is 0 Å². The van der Waals surface area contributed by atoms with Gasteiger partial charge >= 0.3 is 0 Å². The number of ether oxygens (including phenoxy) is 1. The summed E-state index contributed by atoms with van der Waals surface area (Å²) in [6.07, 6.45) is 2.44. The van der Waals surface area contributed by atoms with E-state index in [0.717, 1.165) is 5.75 Å². The summed E-state index contributed by atoms with van der Waals surface area (Å²) in [6.45, 7) is 9.40. The fourth-order valence-electron chi connectivity index (χ4n) is 3.55. The summed E-state index contributed by atoms with van der Waals surface area (Å²) in [5.74, 6) is 0.962. The predicted molar refractivity (Wildman–Crippen MR) is 92.6 cm³/mol. The smallest absolute Gasteiger partial charge is 0.126 e. The van der Waals surface area contributed by atoms with Gasteiger partial charge in [0.25, 0.3) is 0 Å². The Hall–Kier alpha value is -1.76. The molecule has 0 atom stereocenters. The van der Waals surface area contributed by atoms with Crippen LogP contribution < -0.4 is 4.74 Å². The quantitative estimate of drug-likeness (QED) is 0.709. The van der Waals surface area contributed by atoms with Gasteiger partial charge in [-0.3, -0.25) is 0 Å². The Bertz CT molecular complexity index is 681. The van der Waals surface area contributed by atoms with E-state index >= 15 is 0 Å². The van der Waals surface area contributed by atoms with Crippen molar-refractivity contribution in [3.8, 4) is 16.9 Å². The van der Waals surface area contributed by atoms with Gasteiger partial charge in [-0.25, -0.2) is 0 Å². The van der Waals surface area contributed by atoms with Gasteiger partial charge in [0.15, 0.2) is 0 Å². The van der Waals surface area contributed by atoms with Crippen molar-refractivity contribution in [3.05, 3.63) is 53.6 Å². The fourth-order valence-corrected chi connectivity index (χ4v) is 3.55. The molecule has 22 heavy (non-hydrogen) atoms. The van der Waals surface area contributed by atoms with E-state index in [0.29, 0.717) is 0 Å². The molecule has 1 aliphatic carbocycles. The van der Waals surface area contributed by atoms with Crippen LogP contribution in [0.15, 0.2) is 36.4 Å². The number of rotatable bonds is 2. The highest BCUT2D eigenvalue weighted by Crippen LogP contribution is 2.49. The van der Waals surface area contributed by atoms with Crippen LogP contribution in [0.1, 0.15) is 51.7 Å². The second-order valence-electron chi connectivity index (χ2n) is 7.66. The van der Waals surface area contributed by atoms with Gasteiger partial charge in [-0.05, 0) is 64.6 Å². The molecule has 0 spiro atoms. The molecule has 0 fully saturated rings. The van der Waals surface area contributed by atoms with Crippen LogP contribution in [0, 0.1) is 6.07 Å². The largest absolute Gasteiger partial charge is 0.496 e. The molecule has 0 saturated heterocycles. The Labute approximate surface area is 134 Å². The van der Waals surface area contributed by atoms with Gasteiger partial charge in [-0.15, -0.1) is 0 Å². The molecular weight excluding hydrogens is 268 g/mol. The normalized spacial score (nSPS) is 18.6. The Morgan fingerprint density at radius 2 is 1.64 bits per heavy atom. The van der Waals surface area contributed by atoms with Gasteiger partial charge in [0.1, 0.15) is 5.75 Å². The molecule has 0 aromatic heterocycles. The highest BCUT2D eigenvalue weighted by Gasteiger charge is 2.37. The lowest BCUT2D eigenvalue weighted by Crippen LogP contribution is -2.33. The molecule has 0 aliphatic heterocycles. The van der Waals surface area contributed by atoms with E-state index in [4.69, 9.17) is 4.74 Å². The third-order valence-corrected chi connectivity index (χ3v) is 5.19. The predicted octanol–water partition coefficient (Wildman–Crippen LogP) is 5.51. The number of hydrogen-bond acceptors (Lipinski definition) is 1. The van der Waals surface area contributed by atoms with Crippen molar-refractivity contribution in [3.63, 3.8) is 0 Å². The first-order valence-corrected chi connectivity index (χ1v) is 8.05. The molecule has 2 aromatic carbocycles. The van der Waals surface area contributed by atoms with Crippen molar-refractivity contribution in [2.45, 2.75) is 51.4 Å². The highest BCUT2D eigenvalue weighted by molar-refractivity contribution is 5.73. The standard InChI is InChI=1S/C21H25O/c1-20(2)11-12-21(3,4)18-14-19(22-5)16(13-17(18)20)15-9-7-6-8-10-15/h6-7,9-10,13-14H,11-12H2,1-5H3. The van der Waals surface area contributed by atoms with E-state index in [1.54, 1.807) is 7.11 Å². The molecule has 1 heteroatoms. The van der Waals surface area contributed by atoms with Crippen LogP contribution in [0.25, 0.3) is 11.1 Å². The zero-order valence-corrected chi connectivity index (χ0v) is 14.3. The second-order valence-corrected chi connectivity index (χ2v) is 7.66. The summed E-state index contributed by atoms with van der Waals surface area (Å²) < 4.78 is 5.71. The van der Waals surface area contributed by atoms with E-state index in [1.807, 2.05) is 18.2 Å². The maximum absolute atomic E-state index is 5.71. The molecule has 115 valence electrons. The van der Waals surface area contributed by atoms with Gasteiger partial charge in [0.05, 0.1) is 7.11 Å². The Balaban J connectivity index is 2.27. The molecule has 1 aliphatic rings. The second kappa shape index (κ2) is 5.15. The van der Waals surface area contributed by atoms with Crippen molar-refractivity contribution in [1.82, 2.24) is 0 Å². The van der Waals surface area contributed by atoms with Crippen molar-refractivity contribution < 1.29 is 4.74 Å². The van der Waals surface area contributed by atoms with E-state index in [1.165, 1.54) is 35.1 Å². The zero-order chi connectivity index (χ0) is 16.0. The molecule has 0 amide bonds. The van der Waals surface area contributed by atoms with E-state index < -0.39 is 0 Å². The zero-order valence-electron chi connectivity index (χ0n) is 14.3. The van der Waals surface area contributed by atoms with E-state index in [9.17, 15) is 0 Å². The average molecular weight is 293 g/mol. The molecule has 3 rings (SSSR count). The molecular formula is C21H25O. The summed E-state index contributed by atoms with van der Waals surface area (Å²) in [4.78, 5) is 0. The Morgan fingerprint density at radius 3 is 2.18 bits per heavy atom. The summed E-state index contributed by atoms with van der Waals surface area (Å²) in [5.41, 5.74) is 5.65. The van der Waals surface area contributed by atoms with Crippen molar-refractivity contribution >= 4 is 0 Å². The number of fused-ring (bicyclic) bond motifs is 1. The van der Waals surface area contributed by atoms with Crippen LogP contribution in [-0.4, -0.2) is 7.11 Å². The van der Waals surface area contributed by atoms with Crippen LogP contribution in [-0.2, 0) is 10.8 Å². The maximum atomic E-state index is 5.71. The molecule has 0 heterocycles.